The molecular formula is C7H12N4O. The molecule has 0 amide bonds. The average molecular weight is 168 g/mol. The Bertz CT molecular complexity index is 140. The number of rotatable bonds is 0. The first-order chi connectivity index (χ1) is 6.00. The maximum Gasteiger partial charge on any atom is 0.0591 e. The van der Waals surface area contributed by atoms with Gasteiger partial charge in [0.15, 0.2) is 0 Å². The first-order valence-electron chi connectivity index (χ1n) is 3.87. The van der Waals surface area contributed by atoms with Crippen molar-refractivity contribution >= 4 is 0 Å². The van der Waals surface area contributed by atoms with Gasteiger partial charge in [-0.1, -0.05) is 0 Å². The van der Waals surface area contributed by atoms with Crippen molar-refractivity contribution < 1.29 is 4.74 Å². The Morgan fingerprint density at radius 3 is 1.92 bits per heavy atom. The van der Waals surface area contributed by atoms with Crippen molar-refractivity contribution in [3.8, 4) is 0 Å². The van der Waals surface area contributed by atoms with E-state index in [1.807, 2.05) is 0 Å². The summed E-state index contributed by atoms with van der Waals surface area (Å²) in [7, 11) is 0. The molecule has 66 valence electrons. The van der Waals surface area contributed by atoms with Crippen molar-refractivity contribution in [2.75, 3.05) is 26.3 Å². The van der Waals surface area contributed by atoms with Crippen LogP contribution < -0.4 is 5.32 Å². The summed E-state index contributed by atoms with van der Waals surface area (Å²) in [5.41, 5.74) is 0. The molecule has 1 fully saturated rings. The van der Waals surface area contributed by atoms with Gasteiger partial charge in [0.25, 0.3) is 0 Å². The van der Waals surface area contributed by atoms with E-state index in [0.29, 0.717) is 0 Å². The Morgan fingerprint density at radius 1 is 1.08 bits per heavy atom. The molecule has 0 radical (unpaired) electrons. The lowest BCUT2D eigenvalue weighted by Crippen LogP contribution is -2.30. The van der Waals surface area contributed by atoms with E-state index in [-0.39, 0.29) is 0 Å². The topological polar surface area (TPSA) is 59.9 Å². The number of morpholine rings is 1. The van der Waals surface area contributed by atoms with Crippen LogP contribution in [-0.4, -0.2) is 41.7 Å². The van der Waals surface area contributed by atoms with E-state index in [4.69, 9.17) is 4.74 Å². The average Bonchev–Trinajstić information content (AvgIpc) is 2.24. The highest BCUT2D eigenvalue weighted by Crippen LogP contribution is 1.76. The molecule has 0 spiro atoms. The molecule has 0 aliphatic carbocycles. The van der Waals surface area contributed by atoms with Gasteiger partial charge in [-0.15, -0.1) is 10.2 Å². The largest absolute Gasteiger partial charge is 0.379 e. The van der Waals surface area contributed by atoms with Crippen molar-refractivity contribution in [2.24, 2.45) is 0 Å². The van der Waals surface area contributed by atoms with Crippen LogP contribution in [0.4, 0.5) is 0 Å². The molecule has 1 aliphatic heterocycles. The molecule has 2 heterocycles. The number of ether oxygens (including phenoxy) is 1. The SMILES string of the molecule is C1COCCN1.c1cnnnc1. The molecule has 1 saturated heterocycles. The van der Waals surface area contributed by atoms with Crippen molar-refractivity contribution in [1.29, 1.82) is 0 Å². The van der Waals surface area contributed by atoms with Crippen LogP contribution in [0.1, 0.15) is 0 Å². The fourth-order valence-electron chi connectivity index (χ4n) is 0.721. The van der Waals surface area contributed by atoms with Gasteiger partial charge >= 0.3 is 0 Å². The maximum atomic E-state index is 5.01. The first kappa shape index (κ1) is 9.02. The molecule has 2 rings (SSSR count). The number of hydrogen-bond acceptors (Lipinski definition) is 5. The summed E-state index contributed by atoms with van der Waals surface area (Å²) in [4.78, 5) is 0. The number of nitrogens with zero attached hydrogens (tertiary/aromatic N) is 3. The smallest absolute Gasteiger partial charge is 0.0591 e. The second-order valence-electron chi connectivity index (χ2n) is 2.17. The third-order valence-electron chi connectivity index (χ3n) is 1.26. The van der Waals surface area contributed by atoms with Crippen LogP contribution in [0.25, 0.3) is 0 Å². The van der Waals surface area contributed by atoms with E-state index in [2.05, 4.69) is 20.7 Å². The number of nitrogens with one attached hydrogen (secondary N) is 1. The summed E-state index contributed by atoms with van der Waals surface area (Å²) >= 11 is 0. The highest BCUT2D eigenvalue weighted by molar-refractivity contribution is 4.69. The molecule has 0 aromatic carbocycles. The quantitative estimate of drug-likeness (QED) is 0.564. The minimum absolute atomic E-state index is 0.889. The van der Waals surface area contributed by atoms with Crippen LogP contribution >= 0.6 is 0 Å². The summed E-state index contributed by atoms with van der Waals surface area (Å²) in [5, 5.41) is 13.3. The monoisotopic (exact) mass is 168 g/mol. The Morgan fingerprint density at radius 2 is 1.75 bits per heavy atom. The molecule has 0 saturated carbocycles. The van der Waals surface area contributed by atoms with Crippen molar-refractivity contribution in [3.05, 3.63) is 18.5 Å². The second-order valence-corrected chi connectivity index (χ2v) is 2.17. The zero-order valence-corrected chi connectivity index (χ0v) is 6.81. The van der Waals surface area contributed by atoms with Gasteiger partial charge in [0.2, 0.25) is 0 Å². The third-order valence-corrected chi connectivity index (χ3v) is 1.26. The lowest BCUT2D eigenvalue weighted by atomic mass is 10.5. The third kappa shape index (κ3) is 4.70. The molecule has 0 bridgehead atoms. The fraction of sp³-hybridized carbons (Fsp3) is 0.571. The van der Waals surface area contributed by atoms with E-state index in [9.17, 15) is 0 Å². The Labute approximate surface area is 71.2 Å². The summed E-state index contributed by atoms with van der Waals surface area (Å²) in [6.07, 6.45) is 3.15. The zero-order valence-electron chi connectivity index (χ0n) is 6.81. The molecule has 0 unspecified atom stereocenters. The van der Waals surface area contributed by atoms with Crippen molar-refractivity contribution in [3.63, 3.8) is 0 Å². The van der Waals surface area contributed by atoms with Crippen molar-refractivity contribution in [1.82, 2.24) is 20.7 Å². The Balaban J connectivity index is 0.000000120. The van der Waals surface area contributed by atoms with Crippen LogP contribution in [0, 0.1) is 0 Å². The fourth-order valence-corrected chi connectivity index (χ4v) is 0.721. The minimum atomic E-state index is 0.889. The van der Waals surface area contributed by atoms with E-state index in [1.54, 1.807) is 18.5 Å². The van der Waals surface area contributed by atoms with Gasteiger partial charge in [-0.05, 0) is 11.3 Å². The highest BCUT2D eigenvalue weighted by Gasteiger charge is 1.92. The van der Waals surface area contributed by atoms with Gasteiger partial charge in [0.05, 0.1) is 25.6 Å². The lowest BCUT2D eigenvalue weighted by Gasteiger charge is -2.10. The predicted molar refractivity (Wildman–Crippen MR) is 43.5 cm³/mol. The minimum Gasteiger partial charge on any atom is -0.379 e. The van der Waals surface area contributed by atoms with E-state index < -0.39 is 0 Å². The molecule has 5 nitrogen and oxygen atoms in total. The molecule has 12 heavy (non-hydrogen) atoms. The predicted octanol–water partition coefficient (Wildman–Crippen LogP) is -0.522. The van der Waals surface area contributed by atoms with Gasteiger partial charge < -0.3 is 10.1 Å². The van der Waals surface area contributed by atoms with Gasteiger partial charge in [0.1, 0.15) is 0 Å². The molecule has 0 atom stereocenters. The maximum absolute atomic E-state index is 5.01. The van der Waals surface area contributed by atoms with Gasteiger partial charge in [0, 0.05) is 13.1 Å². The van der Waals surface area contributed by atoms with Crippen molar-refractivity contribution in [2.45, 2.75) is 0 Å². The highest BCUT2D eigenvalue weighted by atomic mass is 16.5. The van der Waals surface area contributed by atoms with E-state index in [1.165, 1.54) is 0 Å². The van der Waals surface area contributed by atoms with Crippen LogP contribution in [0.2, 0.25) is 0 Å². The molecule has 1 aromatic heterocycles. The normalized spacial score (nSPS) is 16.0. The molecule has 1 N–H and O–H groups in total. The summed E-state index contributed by atoms with van der Waals surface area (Å²) in [6, 6.07) is 1.72. The second kappa shape index (κ2) is 6.63. The van der Waals surface area contributed by atoms with Crippen LogP contribution in [0.5, 0.6) is 0 Å². The number of hydrogen-bond donors (Lipinski definition) is 1. The summed E-state index contributed by atoms with van der Waals surface area (Å²) < 4.78 is 5.01. The Hall–Kier alpha value is -1.07. The van der Waals surface area contributed by atoms with E-state index in [0.717, 1.165) is 26.3 Å². The van der Waals surface area contributed by atoms with Gasteiger partial charge in [-0.3, -0.25) is 0 Å². The Kier molecular flexibility index (Phi) is 4.98. The van der Waals surface area contributed by atoms with E-state index >= 15 is 0 Å². The zero-order chi connectivity index (χ0) is 8.49. The summed E-state index contributed by atoms with van der Waals surface area (Å²) in [5.74, 6) is 0. The standard InChI is InChI=1S/C4H9NO.C3H3N3/c1-3-6-4-2-5-1;1-2-4-6-5-3-1/h5H,1-4H2;1-3H. The van der Waals surface area contributed by atoms with Gasteiger partial charge in [-0.2, -0.15) is 0 Å². The molecular weight excluding hydrogens is 156 g/mol. The van der Waals surface area contributed by atoms with Crippen LogP contribution in [-0.2, 0) is 4.74 Å². The van der Waals surface area contributed by atoms with Crippen LogP contribution in [0.15, 0.2) is 18.5 Å². The summed E-state index contributed by atoms with van der Waals surface area (Å²) in [6.45, 7) is 3.83. The lowest BCUT2D eigenvalue weighted by molar-refractivity contribution is 0.109. The van der Waals surface area contributed by atoms with Gasteiger partial charge in [-0.25, -0.2) is 0 Å². The first-order valence-corrected chi connectivity index (χ1v) is 3.87. The van der Waals surface area contributed by atoms with Crippen LogP contribution in [0.3, 0.4) is 0 Å². The molecule has 1 aliphatic rings. The molecule has 5 heteroatoms. The number of aromatic nitrogens is 3. The molecule has 1 aromatic rings.